The lowest BCUT2D eigenvalue weighted by Crippen LogP contribution is -2.57. The maximum Gasteiger partial charge on any atom is 0.252 e. The molecular weight excluding hydrogens is 390 g/mol. The van der Waals surface area contributed by atoms with Crippen LogP contribution in [0.5, 0.6) is 5.75 Å². The van der Waals surface area contributed by atoms with Crippen molar-refractivity contribution in [1.29, 1.82) is 0 Å². The van der Waals surface area contributed by atoms with Crippen LogP contribution in [0.25, 0.3) is 0 Å². The van der Waals surface area contributed by atoms with Crippen LogP contribution in [0.4, 0.5) is 0 Å². The maximum atomic E-state index is 13.3. The number of fused-ring (bicyclic) bond motifs is 1. The molecule has 2 aliphatic rings. The summed E-state index contributed by atoms with van der Waals surface area (Å²) in [5.41, 5.74) is 3.50. The van der Waals surface area contributed by atoms with Crippen molar-refractivity contribution in [3.8, 4) is 5.75 Å². The molecule has 1 saturated heterocycles. The largest absolute Gasteiger partial charge is 0.497 e. The number of carbonyl (C=O) groups is 2. The van der Waals surface area contributed by atoms with Crippen molar-refractivity contribution in [1.82, 2.24) is 15.1 Å². The topological polar surface area (TPSA) is 61.9 Å². The second-order valence-corrected chi connectivity index (χ2v) is 9.08. The molecule has 0 aliphatic carbocycles. The standard InChI is InChI=1S/C25H31N3O3/c1-17-6-5-7-18(12-17)14-28-15-22(24(30)27(2)3)25(16-28)11-10-19-8-9-20(31-4)13-21(19)23(29)26-25/h5-9,12-13,22H,10-11,14-16H2,1-4H3,(H,26,29)/t22-,25+/m1/s1. The molecular formula is C25H31N3O3. The van der Waals surface area contributed by atoms with Crippen molar-refractivity contribution in [2.45, 2.75) is 31.8 Å². The quantitative estimate of drug-likeness (QED) is 0.825. The fourth-order valence-corrected chi connectivity index (χ4v) is 5.03. The zero-order chi connectivity index (χ0) is 22.2. The minimum Gasteiger partial charge on any atom is -0.497 e. The summed E-state index contributed by atoms with van der Waals surface area (Å²) in [7, 11) is 5.18. The Morgan fingerprint density at radius 1 is 1.26 bits per heavy atom. The third-order valence-electron chi connectivity index (χ3n) is 6.61. The third kappa shape index (κ3) is 4.17. The van der Waals surface area contributed by atoms with E-state index in [0.29, 0.717) is 24.4 Å². The molecule has 0 aromatic heterocycles. The maximum absolute atomic E-state index is 13.3. The fraction of sp³-hybridized carbons (Fsp3) is 0.440. The highest BCUT2D eigenvalue weighted by Gasteiger charge is 2.52. The molecule has 1 spiro atoms. The van der Waals surface area contributed by atoms with Crippen LogP contribution in [-0.2, 0) is 17.8 Å². The van der Waals surface area contributed by atoms with E-state index in [1.54, 1.807) is 32.2 Å². The van der Waals surface area contributed by atoms with Crippen molar-refractivity contribution in [3.05, 3.63) is 64.7 Å². The average molecular weight is 422 g/mol. The number of amides is 2. The van der Waals surface area contributed by atoms with Crippen molar-refractivity contribution >= 4 is 11.8 Å². The molecule has 1 fully saturated rings. The van der Waals surface area contributed by atoms with Crippen LogP contribution in [0.2, 0.25) is 0 Å². The van der Waals surface area contributed by atoms with Gasteiger partial charge in [0, 0.05) is 39.3 Å². The highest BCUT2D eigenvalue weighted by molar-refractivity contribution is 5.97. The van der Waals surface area contributed by atoms with Gasteiger partial charge in [-0.15, -0.1) is 0 Å². The van der Waals surface area contributed by atoms with E-state index in [0.717, 1.165) is 24.9 Å². The minimum atomic E-state index is -0.589. The predicted octanol–water partition coefficient (Wildman–Crippen LogP) is 2.64. The van der Waals surface area contributed by atoms with Gasteiger partial charge in [-0.2, -0.15) is 0 Å². The number of ether oxygens (including phenoxy) is 1. The lowest BCUT2D eigenvalue weighted by Gasteiger charge is -2.35. The molecule has 2 heterocycles. The number of rotatable bonds is 4. The van der Waals surface area contributed by atoms with Crippen LogP contribution in [0.3, 0.4) is 0 Å². The summed E-state index contributed by atoms with van der Waals surface area (Å²) in [6.07, 6.45) is 1.47. The van der Waals surface area contributed by atoms with Gasteiger partial charge in [-0.1, -0.05) is 35.9 Å². The number of benzene rings is 2. The highest BCUT2D eigenvalue weighted by atomic mass is 16.5. The van der Waals surface area contributed by atoms with Crippen molar-refractivity contribution < 1.29 is 14.3 Å². The Labute approximate surface area is 184 Å². The number of likely N-dealkylation sites (tertiary alicyclic amines) is 1. The van der Waals surface area contributed by atoms with Crippen LogP contribution in [0.1, 0.15) is 33.5 Å². The molecule has 31 heavy (non-hydrogen) atoms. The van der Waals surface area contributed by atoms with Crippen LogP contribution >= 0.6 is 0 Å². The van der Waals surface area contributed by atoms with Gasteiger partial charge in [0.1, 0.15) is 5.75 Å². The smallest absolute Gasteiger partial charge is 0.252 e. The summed E-state index contributed by atoms with van der Waals surface area (Å²) >= 11 is 0. The average Bonchev–Trinajstić information content (AvgIpc) is 3.01. The monoisotopic (exact) mass is 421 g/mol. The first kappa shape index (κ1) is 21.4. The zero-order valence-corrected chi connectivity index (χ0v) is 18.8. The summed E-state index contributed by atoms with van der Waals surface area (Å²) in [6.45, 7) is 4.13. The van der Waals surface area contributed by atoms with Gasteiger partial charge in [-0.25, -0.2) is 0 Å². The van der Waals surface area contributed by atoms with E-state index in [-0.39, 0.29) is 17.7 Å². The van der Waals surface area contributed by atoms with E-state index in [4.69, 9.17) is 4.74 Å². The van der Waals surface area contributed by atoms with Crippen LogP contribution in [0, 0.1) is 12.8 Å². The van der Waals surface area contributed by atoms with Gasteiger partial charge in [0.2, 0.25) is 5.91 Å². The van der Waals surface area contributed by atoms with Gasteiger partial charge in [0.25, 0.3) is 5.91 Å². The van der Waals surface area contributed by atoms with E-state index in [1.807, 2.05) is 12.1 Å². The number of hydrogen-bond acceptors (Lipinski definition) is 4. The lowest BCUT2D eigenvalue weighted by molar-refractivity contribution is -0.134. The van der Waals surface area contributed by atoms with Crippen molar-refractivity contribution in [3.63, 3.8) is 0 Å². The number of nitrogens with zero attached hydrogens (tertiary/aromatic N) is 2. The molecule has 2 atom stereocenters. The van der Waals surface area contributed by atoms with E-state index in [1.165, 1.54) is 11.1 Å². The van der Waals surface area contributed by atoms with Crippen LogP contribution in [-0.4, -0.2) is 61.4 Å². The molecule has 2 aromatic carbocycles. The van der Waals surface area contributed by atoms with E-state index >= 15 is 0 Å². The molecule has 4 rings (SSSR count). The molecule has 6 nitrogen and oxygen atoms in total. The summed E-state index contributed by atoms with van der Waals surface area (Å²) in [5, 5.41) is 3.29. The Hall–Kier alpha value is -2.86. The molecule has 0 bridgehead atoms. The van der Waals surface area contributed by atoms with Crippen molar-refractivity contribution in [2.75, 3.05) is 34.3 Å². The van der Waals surface area contributed by atoms with E-state index in [2.05, 4.69) is 41.4 Å². The van der Waals surface area contributed by atoms with Gasteiger partial charge >= 0.3 is 0 Å². The molecule has 0 radical (unpaired) electrons. The van der Waals surface area contributed by atoms with E-state index in [9.17, 15) is 9.59 Å². The Balaban J connectivity index is 1.64. The molecule has 2 aromatic rings. The van der Waals surface area contributed by atoms with Gasteiger partial charge in [0.05, 0.1) is 18.6 Å². The third-order valence-corrected chi connectivity index (χ3v) is 6.61. The Bertz CT molecular complexity index is 1000. The SMILES string of the molecule is COc1ccc2c(c1)C(=O)N[C@@]1(CC2)CN(Cc2cccc(C)c2)C[C@@H]1C(=O)N(C)C. The molecule has 6 heteroatoms. The summed E-state index contributed by atoms with van der Waals surface area (Å²) < 4.78 is 5.32. The molecule has 164 valence electrons. The molecule has 0 unspecified atom stereocenters. The van der Waals surface area contributed by atoms with Gasteiger partial charge in [0.15, 0.2) is 0 Å². The lowest BCUT2D eigenvalue weighted by atomic mass is 9.81. The second-order valence-electron chi connectivity index (χ2n) is 9.08. The first-order chi connectivity index (χ1) is 14.8. The number of aryl methyl sites for hydroxylation is 2. The molecule has 0 saturated carbocycles. The summed E-state index contributed by atoms with van der Waals surface area (Å²) in [5.74, 6) is 0.321. The first-order valence-corrected chi connectivity index (χ1v) is 10.8. The van der Waals surface area contributed by atoms with Gasteiger partial charge < -0.3 is 15.0 Å². The number of nitrogens with one attached hydrogen (secondary N) is 1. The fourth-order valence-electron chi connectivity index (χ4n) is 5.03. The molecule has 2 amide bonds. The highest BCUT2D eigenvalue weighted by Crippen LogP contribution is 2.37. The summed E-state index contributed by atoms with van der Waals surface area (Å²) in [4.78, 5) is 30.4. The normalized spacial score (nSPS) is 23.2. The van der Waals surface area contributed by atoms with Gasteiger partial charge in [-0.05, 0) is 43.0 Å². The Morgan fingerprint density at radius 3 is 2.77 bits per heavy atom. The van der Waals surface area contributed by atoms with Crippen molar-refractivity contribution in [2.24, 2.45) is 5.92 Å². The number of carbonyl (C=O) groups excluding carboxylic acids is 2. The zero-order valence-electron chi connectivity index (χ0n) is 18.8. The molecule has 1 N–H and O–H groups in total. The van der Waals surface area contributed by atoms with E-state index < -0.39 is 5.54 Å². The number of hydrogen-bond donors (Lipinski definition) is 1. The minimum absolute atomic E-state index is 0.0654. The number of methoxy groups -OCH3 is 1. The van der Waals surface area contributed by atoms with Crippen LogP contribution in [0.15, 0.2) is 42.5 Å². The van der Waals surface area contributed by atoms with Gasteiger partial charge in [-0.3, -0.25) is 14.5 Å². The summed E-state index contributed by atoms with van der Waals surface area (Å²) in [6, 6.07) is 14.1. The Kier molecular flexibility index (Phi) is 5.75. The second kappa shape index (κ2) is 8.35. The first-order valence-electron chi connectivity index (χ1n) is 10.8. The van der Waals surface area contributed by atoms with Crippen LogP contribution < -0.4 is 10.1 Å². The molecule has 2 aliphatic heterocycles. The predicted molar refractivity (Wildman–Crippen MR) is 120 cm³/mol. The Morgan fingerprint density at radius 2 is 2.06 bits per heavy atom.